The summed E-state index contributed by atoms with van der Waals surface area (Å²) in [6.07, 6.45) is 12.0. The third-order valence-electron chi connectivity index (χ3n) is 11.7. The maximum Gasteiger partial charge on any atom is 0.266 e. The molecular weight excluding hydrogens is 514 g/mol. The summed E-state index contributed by atoms with van der Waals surface area (Å²) in [6.45, 7) is 14.7. The van der Waals surface area contributed by atoms with E-state index in [1.165, 1.54) is 44.9 Å². The zero-order valence-electron chi connectivity index (χ0n) is 25.3. The highest BCUT2D eigenvalue weighted by Gasteiger charge is 2.63. The number of ether oxygens (including phenoxy) is 2. The monoisotopic (exact) mass is 569 g/mol. The lowest BCUT2D eigenvalue weighted by atomic mass is 9.43. The molecule has 4 saturated carbocycles. The Labute approximate surface area is 237 Å². The highest BCUT2D eigenvalue weighted by Crippen LogP contribution is 2.69. The van der Waals surface area contributed by atoms with Gasteiger partial charge in [0.25, 0.3) is 10.1 Å². The molecule has 4 aliphatic carbocycles. The van der Waals surface area contributed by atoms with Gasteiger partial charge in [0.15, 0.2) is 0 Å². The lowest BCUT2D eigenvalue weighted by Gasteiger charge is -2.63. The van der Waals surface area contributed by atoms with Crippen LogP contribution < -0.4 is 5.32 Å². The highest BCUT2D eigenvalue weighted by molar-refractivity contribution is 7.85. The molecule has 0 radical (unpaired) electrons. The number of fused-ring (bicyclic) bond motifs is 5. The second kappa shape index (κ2) is 12.3. The molecule has 4 rings (SSSR count). The summed E-state index contributed by atoms with van der Waals surface area (Å²) in [7, 11) is -4.06. The largest absolute Gasteiger partial charge is 0.378 e. The number of carbonyl (C=O) groups excluding carboxylic acids is 1. The van der Waals surface area contributed by atoms with Gasteiger partial charge in [0, 0.05) is 19.6 Å². The first-order valence-corrected chi connectivity index (χ1v) is 17.4. The van der Waals surface area contributed by atoms with Crippen LogP contribution in [0.5, 0.6) is 0 Å². The van der Waals surface area contributed by atoms with E-state index in [4.69, 9.17) is 14.0 Å². The molecule has 0 spiro atoms. The molecular formula is C31H55NO6S. The molecule has 2 N–H and O–H groups in total. The number of hydrogen-bond acceptors (Lipinski definition) is 5. The van der Waals surface area contributed by atoms with Crippen LogP contribution in [0.3, 0.4) is 0 Å². The topological polar surface area (TPSA) is 102 Å². The molecule has 0 aromatic heterocycles. The molecule has 0 heterocycles. The van der Waals surface area contributed by atoms with E-state index in [0.29, 0.717) is 59.6 Å². The molecule has 0 bridgehead atoms. The van der Waals surface area contributed by atoms with E-state index < -0.39 is 15.9 Å². The molecule has 8 heteroatoms. The summed E-state index contributed by atoms with van der Waals surface area (Å²) in [5.74, 6) is 3.11. The van der Waals surface area contributed by atoms with Crippen LogP contribution in [-0.4, -0.2) is 56.1 Å². The Balaban J connectivity index is 1.45. The van der Waals surface area contributed by atoms with Crippen LogP contribution in [0.25, 0.3) is 0 Å². The van der Waals surface area contributed by atoms with Gasteiger partial charge in [-0.25, -0.2) is 0 Å². The van der Waals surface area contributed by atoms with E-state index in [2.05, 4.69) is 46.9 Å². The number of hydrogen-bond donors (Lipinski definition) is 2. The number of nitrogens with one attached hydrogen (secondary N) is 1. The van der Waals surface area contributed by atoms with Crippen molar-refractivity contribution in [2.75, 3.05) is 18.9 Å². The van der Waals surface area contributed by atoms with Gasteiger partial charge in [0.05, 0.1) is 24.1 Å². The standard InChI is InChI=1S/C31H55NO6S/c1-7-37-23-12-14-30(5)22(18-23)19-27(38-20(2)3)29-25-10-9-24(31(25,6)15-13-26(29)30)21(4)8-11-28(33)32-16-17-39(34,35)36/h20-27,29H,7-19H2,1-6H3,(H,32,33)(H,34,35,36). The van der Waals surface area contributed by atoms with E-state index in [9.17, 15) is 13.2 Å². The van der Waals surface area contributed by atoms with Crippen LogP contribution in [-0.2, 0) is 24.4 Å². The summed E-state index contributed by atoms with van der Waals surface area (Å²) >= 11 is 0. The van der Waals surface area contributed by atoms with Crippen LogP contribution in [0.2, 0.25) is 0 Å². The summed E-state index contributed by atoms with van der Waals surface area (Å²) in [5, 5.41) is 2.65. The predicted octanol–water partition coefficient (Wildman–Crippen LogP) is 5.87. The van der Waals surface area contributed by atoms with Crippen molar-refractivity contribution in [2.24, 2.45) is 46.3 Å². The molecule has 10 atom stereocenters. The minimum atomic E-state index is -4.06. The third kappa shape index (κ3) is 6.70. The fourth-order valence-electron chi connectivity index (χ4n) is 9.98. The van der Waals surface area contributed by atoms with E-state index in [0.717, 1.165) is 19.4 Å². The van der Waals surface area contributed by atoms with Crippen molar-refractivity contribution in [3.05, 3.63) is 0 Å². The van der Waals surface area contributed by atoms with Gasteiger partial charge in [-0.15, -0.1) is 0 Å². The minimum Gasteiger partial charge on any atom is -0.378 e. The maximum absolute atomic E-state index is 12.4. The average Bonchev–Trinajstić information content (AvgIpc) is 3.19. The highest BCUT2D eigenvalue weighted by atomic mass is 32.2. The van der Waals surface area contributed by atoms with Gasteiger partial charge in [0.2, 0.25) is 5.91 Å². The van der Waals surface area contributed by atoms with E-state index in [-0.39, 0.29) is 24.0 Å². The Hall–Kier alpha value is -0.700. The molecule has 4 aliphatic rings. The molecule has 226 valence electrons. The van der Waals surface area contributed by atoms with Crippen molar-refractivity contribution in [2.45, 2.75) is 124 Å². The fraction of sp³-hybridized carbons (Fsp3) is 0.968. The minimum absolute atomic E-state index is 0.0410. The lowest BCUT2D eigenvalue weighted by Crippen LogP contribution is -2.59. The summed E-state index contributed by atoms with van der Waals surface area (Å²) in [4.78, 5) is 12.4. The van der Waals surface area contributed by atoms with E-state index >= 15 is 0 Å². The van der Waals surface area contributed by atoms with Crippen molar-refractivity contribution in [3.8, 4) is 0 Å². The lowest BCUT2D eigenvalue weighted by molar-refractivity contribution is -0.199. The first kappa shape index (κ1) is 31.2. The average molecular weight is 570 g/mol. The van der Waals surface area contributed by atoms with Crippen LogP contribution in [0, 0.1) is 46.3 Å². The Morgan fingerprint density at radius 1 is 1.03 bits per heavy atom. The number of rotatable bonds is 11. The Morgan fingerprint density at radius 2 is 1.72 bits per heavy atom. The van der Waals surface area contributed by atoms with E-state index in [1.54, 1.807) is 0 Å². The molecule has 4 fully saturated rings. The molecule has 0 aromatic rings. The van der Waals surface area contributed by atoms with Crippen LogP contribution >= 0.6 is 0 Å². The van der Waals surface area contributed by atoms with Gasteiger partial charge in [-0.2, -0.15) is 8.42 Å². The normalized spacial score (nSPS) is 41.0. The first-order chi connectivity index (χ1) is 18.3. The van der Waals surface area contributed by atoms with E-state index in [1.807, 2.05) is 0 Å². The Kier molecular flexibility index (Phi) is 9.83. The predicted molar refractivity (Wildman–Crippen MR) is 154 cm³/mol. The second-order valence-electron chi connectivity index (χ2n) is 14.2. The number of amides is 1. The van der Waals surface area contributed by atoms with Crippen molar-refractivity contribution >= 4 is 16.0 Å². The van der Waals surface area contributed by atoms with Gasteiger partial charge in [-0.05, 0) is 125 Å². The van der Waals surface area contributed by atoms with Crippen molar-refractivity contribution in [1.82, 2.24) is 5.32 Å². The van der Waals surface area contributed by atoms with Crippen LogP contribution in [0.4, 0.5) is 0 Å². The molecule has 0 aromatic carbocycles. The Bertz CT molecular complexity index is 955. The summed E-state index contributed by atoms with van der Waals surface area (Å²) in [6, 6.07) is 0. The SMILES string of the molecule is CCOC1CCC2(C)C(C1)CC(OC(C)C)C1C2CCC2(C)C(C(C)CCC(=O)NCCS(=O)(=O)O)CCC12. The molecule has 0 aliphatic heterocycles. The molecule has 0 saturated heterocycles. The molecule has 10 unspecified atom stereocenters. The second-order valence-corrected chi connectivity index (χ2v) is 15.8. The maximum atomic E-state index is 12.4. The van der Waals surface area contributed by atoms with Gasteiger partial charge < -0.3 is 14.8 Å². The van der Waals surface area contributed by atoms with Gasteiger partial charge in [0.1, 0.15) is 0 Å². The molecule has 7 nitrogen and oxygen atoms in total. The van der Waals surface area contributed by atoms with Crippen LogP contribution in [0.1, 0.15) is 106 Å². The quantitative estimate of drug-likeness (QED) is 0.302. The smallest absolute Gasteiger partial charge is 0.266 e. The summed E-state index contributed by atoms with van der Waals surface area (Å²) < 4.78 is 43.7. The first-order valence-electron chi connectivity index (χ1n) is 15.8. The molecule has 1 amide bonds. The van der Waals surface area contributed by atoms with Gasteiger partial charge in [-0.1, -0.05) is 20.8 Å². The van der Waals surface area contributed by atoms with Crippen molar-refractivity contribution in [3.63, 3.8) is 0 Å². The van der Waals surface area contributed by atoms with Crippen molar-refractivity contribution < 1.29 is 27.2 Å². The molecule has 39 heavy (non-hydrogen) atoms. The fourth-order valence-corrected chi connectivity index (χ4v) is 10.3. The van der Waals surface area contributed by atoms with Crippen molar-refractivity contribution in [1.29, 1.82) is 0 Å². The Morgan fingerprint density at radius 3 is 2.38 bits per heavy atom. The zero-order chi connectivity index (χ0) is 28.6. The van der Waals surface area contributed by atoms with Crippen LogP contribution in [0.15, 0.2) is 0 Å². The van der Waals surface area contributed by atoms with Gasteiger partial charge in [-0.3, -0.25) is 9.35 Å². The third-order valence-corrected chi connectivity index (χ3v) is 12.4. The van der Waals surface area contributed by atoms with Gasteiger partial charge >= 0.3 is 0 Å². The summed E-state index contributed by atoms with van der Waals surface area (Å²) in [5.41, 5.74) is 0.645. The number of carbonyl (C=O) groups is 1. The zero-order valence-corrected chi connectivity index (χ0v) is 26.1.